The van der Waals surface area contributed by atoms with Gasteiger partial charge in [0.2, 0.25) is 5.79 Å². The molecule has 67 heavy (non-hydrogen) atoms. The van der Waals surface area contributed by atoms with Crippen LogP contribution in [0, 0.1) is 35.5 Å². The highest BCUT2D eigenvalue weighted by molar-refractivity contribution is 6.39. The maximum absolute atomic E-state index is 14.4. The largest absolute Gasteiger partial charge is 0.509 e. The second kappa shape index (κ2) is 24.7. The first-order chi connectivity index (χ1) is 31.8. The van der Waals surface area contributed by atoms with Crippen LogP contribution in [0.25, 0.3) is 0 Å². The van der Waals surface area contributed by atoms with E-state index in [9.17, 15) is 34.2 Å². The van der Waals surface area contributed by atoms with E-state index >= 15 is 0 Å². The predicted octanol–water partition coefficient (Wildman–Crippen LogP) is 7.15. The van der Waals surface area contributed by atoms with Gasteiger partial charge in [0.25, 0.3) is 11.7 Å². The average molecular weight is 942 g/mol. The van der Waals surface area contributed by atoms with Crippen LogP contribution in [0.5, 0.6) is 0 Å². The van der Waals surface area contributed by atoms with E-state index in [1.165, 1.54) is 4.90 Å². The van der Waals surface area contributed by atoms with E-state index in [0.29, 0.717) is 63.4 Å². The summed E-state index contributed by atoms with van der Waals surface area (Å²) in [4.78, 5) is 71.4. The Bertz CT molecular complexity index is 1840. The van der Waals surface area contributed by atoms with Crippen LogP contribution < -0.4 is 0 Å². The van der Waals surface area contributed by atoms with E-state index in [4.69, 9.17) is 33.2 Å². The van der Waals surface area contributed by atoms with Crippen molar-refractivity contribution >= 4 is 29.6 Å². The number of ketones is 2. The number of ether oxygens (including phenoxy) is 7. The number of hydrogen-bond acceptors (Lipinski definition) is 14. The second-order valence-corrected chi connectivity index (χ2v) is 20.2. The molecule has 4 fully saturated rings. The van der Waals surface area contributed by atoms with Crippen molar-refractivity contribution in [1.82, 2.24) is 4.90 Å². The van der Waals surface area contributed by atoms with Gasteiger partial charge in [-0.25, -0.2) is 9.59 Å². The van der Waals surface area contributed by atoms with Crippen LogP contribution >= 0.6 is 0 Å². The van der Waals surface area contributed by atoms with Gasteiger partial charge in [-0.1, -0.05) is 71.1 Å². The molecule has 1 amide bonds. The normalized spacial score (nSPS) is 40.5. The van der Waals surface area contributed by atoms with Crippen molar-refractivity contribution in [3.05, 3.63) is 47.6 Å². The molecule has 4 bridgehead atoms. The molecule has 2 N–H and O–H groups in total. The molecule has 16 atom stereocenters. The van der Waals surface area contributed by atoms with E-state index in [2.05, 4.69) is 13.0 Å². The summed E-state index contributed by atoms with van der Waals surface area (Å²) >= 11 is 0. The predicted molar refractivity (Wildman–Crippen MR) is 249 cm³/mol. The number of aliphatic hydroxyl groups excluding tert-OH is 1. The molecule has 4 aliphatic heterocycles. The number of fused-ring (bicyclic) bond motifs is 5. The number of carbonyl (C=O) groups excluding carboxylic acids is 5. The number of hydrogen-bond donors (Lipinski definition) is 2. The third-order valence-electron chi connectivity index (χ3n) is 15.1. The molecule has 15 nitrogen and oxygen atoms in total. The number of Topliss-reactive ketones (excluding diaryl/α,β-unsaturated/α-hetero) is 2. The van der Waals surface area contributed by atoms with Gasteiger partial charge in [-0.05, 0) is 113 Å². The Labute approximate surface area is 398 Å². The van der Waals surface area contributed by atoms with Gasteiger partial charge < -0.3 is 48.3 Å². The minimum absolute atomic E-state index is 0.0948. The summed E-state index contributed by atoms with van der Waals surface area (Å²) in [6, 6.07) is -1.13. The lowest BCUT2D eigenvalue weighted by atomic mass is 9.78. The maximum atomic E-state index is 14.4. The zero-order valence-electron chi connectivity index (χ0n) is 41.6. The Balaban J connectivity index is 1.49. The first-order valence-electron chi connectivity index (χ1n) is 24.6. The molecular weight excluding hydrogens is 863 g/mol. The zero-order valence-corrected chi connectivity index (χ0v) is 41.6. The van der Waals surface area contributed by atoms with Gasteiger partial charge in [-0.3, -0.25) is 14.4 Å². The van der Waals surface area contributed by atoms with Crippen LogP contribution in [0.4, 0.5) is 4.79 Å². The number of piperidine rings is 1. The van der Waals surface area contributed by atoms with E-state index < -0.39 is 90.2 Å². The third kappa shape index (κ3) is 13.7. The highest BCUT2D eigenvalue weighted by Crippen LogP contribution is 2.38. The molecule has 1 aliphatic carbocycles. The summed E-state index contributed by atoms with van der Waals surface area (Å²) in [7, 11) is 4.71. The fourth-order valence-corrected chi connectivity index (χ4v) is 10.8. The average Bonchev–Trinajstić information content (AvgIpc) is 3.30. The van der Waals surface area contributed by atoms with Crippen LogP contribution in [-0.4, -0.2) is 133 Å². The molecule has 376 valence electrons. The Hall–Kier alpha value is -3.73. The van der Waals surface area contributed by atoms with Gasteiger partial charge in [0.1, 0.15) is 30.1 Å². The molecule has 14 unspecified atom stereocenters. The molecule has 0 aromatic heterocycles. The van der Waals surface area contributed by atoms with Gasteiger partial charge in [-0.2, -0.15) is 0 Å². The number of nitrogens with zero attached hydrogens (tertiary/aromatic N) is 1. The number of methoxy groups -OCH3 is 3. The molecule has 0 aromatic rings. The molecular formula is C52H79NO14. The summed E-state index contributed by atoms with van der Waals surface area (Å²) < 4.78 is 41.4. The third-order valence-corrected chi connectivity index (χ3v) is 15.1. The zero-order chi connectivity index (χ0) is 49.2. The number of aliphatic hydroxyl groups is 2. The molecule has 15 heteroatoms. The highest BCUT2D eigenvalue weighted by Gasteiger charge is 2.53. The Kier molecular flexibility index (Phi) is 20.0. The van der Waals surface area contributed by atoms with Crippen molar-refractivity contribution in [2.45, 2.75) is 186 Å². The van der Waals surface area contributed by atoms with Crippen LogP contribution in [0.1, 0.15) is 126 Å². The topological polar surface area (TPSA) is 194 Å². The quantitative estimate of drug-likeness (QED) is 0.155. The smallest absolute Gasteiger partial charge is 0.460 e. The summed E-state index contributed by atoms with van der Waals surface area (Å²) in [6.07, 6.45) is 11.4. The van der Waals surface area contributed by atoms with Crippen LogP contribution in [-0.2, 0) is 52.3 Å². The number of amides is 1. The number of carbonyl (C=O) groups is 5. The Morgan fingerprint density at radius 2 is 1.58 bits per heavy atom. The van der Waals surface area contributed by atoms with Crippen LogP contribution in [0.15, 0.2) is 47.6 Å². The molecule has 0 radical (unpaired) electrons. The van der Waals surface area contributed by atoms with E-state index in [-0.39, 0.29) is 54.9 Å². The molecule has 4 heterocycles. The maximum Gasteiger partial charge on any atom is 0.509 e. The fraction of sp³-hybridized carbons (Fsp3) is 0.750. The van der Waals surface area contributed by atoms with Gasteiger partial charge >= 0.3 is 12.1 Å². The summed E-state index contributed by atoms with van der Waals surface area (Å²) in [6.45, 7) is 13.3. The molecule has 3 saturated heterocycles. The minimum Gasteiger partial charge on any atom is -0.460 e. The van der Waals surface area contributed by atoms with Crippen molar-refractivity contribution in [2.24, 2.45) is 35.5 Å². The first-order valence-corrected chi connectivity index (χ1v) is 24.6. The standard InChI is InChI=1S/C52H79NO14/c1-30-16-12-11-13-17-31(2)42(61-8)28-38-21-19-36(7)52(60,67-38)48(56)49(57)53-23-15-14-18-39(53)50(58)64-43(33(4)26-37-20-22-40(54)44(27-37)62-9)29-41(55)32(3)25-35(6)46-47(63-10)45(34(5)24-30)65-51(59)66-46/h11-13,16-17,25,30,32-34,36-40,42-47,54,60H,14-15,18-24,26-29H2,1-10H3/b13-11+,16-12+,31-17?,35-25+/t30?,32?,33?,34-,36-,37?,38?,39?,40?,42?,43?,44?,45?,46?,47?,52?/m1/s1. The first kappa shape index (κ1) is 54.2. The lowest BCUT2D eigenvalue weighted by molar-refractivity contribution is -0.265. The van der Waals surface area contributed by atoms with E-state index in [1.54, 1.807) is 48.2 Å². The van der Waals surface area contributed by atoms with Crippen molar-refractivity contribution in [2.75, 3.05) is 27.9 Å². The van der Waals surface area contributed by atoms with Gasteiger partial charge in [0.05, 0.1) is 24.4 Å². The van der Waals surface area contributed by atoms with Crippen molar-refractivity contribution in [1.29, 1.82) is 0 Å². The van der Waals surface area contributed by atoms with Crippen molar-refractivity contribution in [3.63, 3.8) is 0 Å². The summed E-state index contributed by atoms with van der Waals surface area (Å²) in [5, 5.41) is 22.5. The number of cyclic esters (lactones) is 1. The van der Waals surface area contributed by atoms with Gasteiger partial charge in [0, 0.05) is 52.6 Å². The van der Waals surface area contributed by atoms with Gasteiger partial charge in [-0.15, -0.1) is 0 Å². The summed E-state index contributed by atoms with van der Waals surface area (Å²) in [5.74, 6) is -7.13. The Morgan fingerprint density at radius 3 is 2.28 bits per heavy atom. The SMILES string of the molecule is COC1CC2CC[C@@H](C)C(O)(O2)C(=O)C(=O)N2CCCCC2C(=O)OC(C(C)CC2CCC(O)C(OC)C2)CC(=O)C(C)/C=C(\C)C2OC(=O)OC(C2OC)[C@H](C)CC(C)/C=C/C=C/C=C1C. The molecule has 0 aromatic carbocycles. The van der Waals surface area contributed by atoms with Crippen molar-refractivity contribution < 1.29 is 67.3 Å². The second-order valence-electron chi connectivity index (χ2n) is 20.2. The minimum atomic E-state index is -2.42. The lowest BCUT2D eigenvalue weighted by Gasteiger charge is -2.42. The van der Waals surface area contributed by atoms with Gasteiger partial charge in [0.15, 0.2) is 6.10 Å². The Morgan fingerprint density at radius 1 is 0.836 bits per heavy atom. The monoisotopic (exact) mass is 942 g/mol. The number of allylic oxidation sites excluding steroid dienone is 6. The highest BCUT2D eigenvalue weighted by atomic mass is 16.8. The molecule has 5 aliphatic rings. The number of esters is 1. The molecule has 1 saturated carbocycles. The van der Waals surface area contributed by atoms with E-state index in [0.717, 1.165) is 12.0 Å². The number of rotatable bonds is 6. The van der Waals surface area contributed by atoms with Crippen LogP contribution in [0.2, 0.25) is 0 Å². The molecule has 0 spiro atoms. The summed E-state index contributed by atoms with van der Waals surface area (Å²) in [5.41, 5.74) is 1.51. The fourth-order valence-electron chi connectivity index (χ4n) is 10.8. The van der Waals surface area contributed by atoms with Crippen molar-refractivity contribution in [3.8, 4) is 0 Å². The molecule has 5 rings (SSSR count). The lowest BCUT2D eigenvalue weighted by Crippen LogP contribution is -2.61. The van der Waals surface area contributed by atoms with E-state index in [1.807, 2.05) is 45.1 Å². The van der Waals surface area contributed by atoms with Crippen LogP contribution in [0.3, 0.4) is 0 Å².